The molecule has 0 aliphatic heterocycles. The Morgan fingerprint density at radius 1 is 1.04 bits per heavy atom. The number of hydrogen-bond acceptors (Lipinski definition) is 4. The maximum atomic E-state index is 12.9. The van der Waals surface area contributed by atoms with Gasteiger partial charge in [-0.1, -0.05) is 30.3 Å². The topological polar surface area (TPSA) is 76.9 Å². The van der Waals surface area contributed by atoms with Crippen molar-refractivity contribution in [3.8, 4) is 0 Å². The van der Waals surface area contributed by atoms with Gasteiger partial charge in [0.25, 0.3) is 5.91 Å². The first-order chi connectivity index (χ1) is 12.5. The molecule has 1 aromatic heterocycles. The number of nitrogens with zero attached hydrogens (tertiary/aromatic N) is 3. The normalized spacial score (nSPS) is 10.6. The van der Waals surface area contributed by atoms with Gasteiger partial charge in [0.1, 0.15) is 6.33 Å². The Bertz CT molecular complexity index is 975. The fourth-order valence-corrected chi connectivity index (χ4v) is 2.64. The van der Waals surface area contributed by atoms with E-state index in [4.69, 9.17) is 0 Å². The van der Waals surface area contributed by atoms with Crippen molar-refractivity contribution in [2.75, 3.05) is 0 Å². The second-order valence-corrected chi connectivity index (χ2v) is 6.21. The molecule has 0 spiro atoms. The summed E-state index contributed by atoms with van der Waals surface area (Å²) in [6, 6.07) is 12.4. The lowest BCUT2D eigenvalue weighted by Crippen LogP contribution is -2.26. The number of ketones is 1. The van der Waals surface area contributed by atoms with Crippen LogP contribution in [-0.2, 0) is 13.6 Å². The standard InChI is InChI=1S/C20H20N4O2/c1-13-8-9-15(10-14(13)2)19(25)16-6-4-5-7-17(16)20(26)21-11-18-23-22-12-24(18)3/h4-10,12H,11H2,1-3H3,(H,21,26). The minimum Gasteiger partial charge on any atom is -0.345 e. The average molecular weight is 348 g/mol. The first kappa shape index (κ1) is 17.5. The summed E-state index contributed by atoms with van der Waals surface area (Å²) in [6.45, 7) is 4.20. The highest BCUT2D eigenvalue weighted by Crippen LogP contribution is 2.17. The van der Waals surface area contributed by atoms with Crippen molar-refractivity contribution in [2.24, 2.45) is 7.05 Å². The van der Waals surface area contributed by atoms with E-state index in [-0.39, 0.29) is 18.2 Å². The molecule has 6 nitrogen and oxygen atoms in total. The Labute approximate surface area is 151 Å². The van der Waals surface area contributed by atoms with E-state index in [0.29, 0.717) is 22.5 Å². The zero-order valence-corrected chi connectivity index (χ0v) is 15.0. The third-order valence-electron chi connectivity index (χ3n) is 4.40. The van der Waals surface area contributed by atoms with E-state index in [9.17, 15) is 9.59 Å². The van der Waals surface area contributed by atoms with Crippen molar-refractivity contribution in [1.29, 1.82) is 0 Å². The fourth-order valence-electron chi connectivity index (χ4n) is 2.64. The van der Waals surface area contributed by atoms with Gasteiger partial charge in [0.05, 0.1) is 12.1 Å². The van der Waals surface area contributed by atoms with Gasteiger partial charge >= 0.3 is 0 Å². The molecule has 0 radical (unpaired) electrons. The fraction of sp³-hybridized carbons (Fsp3) is 0.200. The number of carbonyl (C=O) groups is 2. The number of benzene rings is 2. The minimum absolute atomic E-state index is 0.169. The number of carbonyl (C=O) groups excluding carboxylic acids is 2. The van der Waals surface area contributed by atoms with Crippen LogP contribution < -0.4 is 5.32 Å². The molecule has 0 unspecified atom stereocenters. The molecule has 132 valence electrons. The Morgan fingerprint density at radius 2 is 1.77 bits per heavy atom. The predicted octanol–water partition coefficient (Wildman–Crippen LogP) is 2.59. The molecule has 6 heteroatoms. The molecule has 0 saturated carbocycles. The smallest absolute Gasteiger partial charge is 0.252 e. The highest BCUT2D eigenvalue weighted by Gasteiger charge is 2.18. The summed E-state index contributed by atoms with van der Waals surface area (Å²) >= 11 is 0. The van der Waals surface area contributed by atoms with Crippen LogP contribution in [-0.4, -0.2) is 26.5 Å². The van der Waals surface area contributed by atoms with Gasteiger partial charge in [0.2, 0.25) is 0 Å². The van der Waals surface area contributed by atoms with Gasteiger partial charge in [-0.15, -0.1) is 10.2 Å². The van der Waals surface area contributed by atoms with Crippen LogP contribution in [0.2, 0.25) is 0 Å². The molecule has 0 aliphatic rings. The monoisotopic (exact) mass is 348 g/mol. The van der Waals surface area contributed by atoms with Crippen molar-refractivity contribution < 1.29 is 9.59 Å². The largest absolute Gasteiger partial charge is 0.345 e. The summed E-state index contributed by atoms with van der Waals surface area (Å²) in [5, 5.41) is 10.5. The third-order valence-corrected chi connectivity index (χ3v) is 4.40. The molecule has 2 aromatic carbocycles. The van der Waals surface area contributed by atoms with Crippen LogP contribution in [0, 0.1) is 13.8 Å². The second-order valence-electron chi connectivity index (χ2n) is 6.21. The lowest BCUT2D eigenvalue weighted by Gasteiger charge is -2.10. The molecule has 0 bridgehead atoms. The Hall–Kier alpha value is -3.28. The third kappa shape index (κ3) is 3.54. The quantitative estimate of drug-likeness (QED) is 0.719. The highest BCUT2D eigenvalue weighted by molar-refractivity contribution is 6.15. The average Bonchev–Trinajstić information content (AvgIpc) is 3.06. The highest BCUT2D eigenvalue weighted by atomic mass is 16.2. The van der Waals surface area contributed by atoms with Gasteiger partial charge in [-0.3, -0.25) is 9.59 Å². The van der Waals surface area contributed by atoms with Crippen molar-refractivity contribution in [2.45, 2.75) is 20.4 Å². The van der Waals surface area contributed by atoms with Crippen LogP contribution in [0.1, 0.15) is 43.2 Å². The number of aryl methyl sites for hydroxylation is 3. The molecule has 1 heterocycles. The maximum absolute atomic E-state index is 12.9. The van der Waals surface area contributed by atoms with Gasteiger partial charge in [-0.2, -0.15) is 0 Å². The van der Waals surface area contributed by atoms with Crippen molar-refractivity contribution in [3.63, 3.8) is 0 Å². The predicted molar refractivity (Wildman–Crippen MR) is 98.0 cm³/mol. The molecule has 26 heavy (non-hydrogen) atoms. The van der Waals surface area contributed by atoms with E-state index in [0.717, 1.165) is 11.1 Å². The summed E-state index contributed by atoms with van der Waals surface area (Å²) in [4.78, 5) is 25.5. The van der Waals surface area contributed by atoms with Gasteiger partial charge < -0.3 is 9.88 Å². The van der Waals surface area contributed by atoms with Crippen LogP contribution in [0.25, 0.3) is 0 Å². The van der Waals surface area contributed by atoms with E-state index in [1.165, 1.54) is 0 Å². The zero-order chi connectivity index (χ0) is 18.7. The van der Waals surface area contributed by atoms with Gasteiger partial charge in [-0.05, 0) is 37.1 Å². The van der Waals surface area contributed by atoms with Crippen molar-refractivity contribution in [3.05, 3.63) is 82.4 Å². The molecule has 0 aliphatic carbocycles. The van der Waals surface area contributed by atoms with E-state index in [1.807, 2.05) is 26.0 Å². The van der Waals surface area contributed by atoms with Crippen molar-refractivity contribution in [1.82, 2.24) is 20.1 Å². The number of rotatable bonds is 5. The molecule has 1 N–H and O–H groups in total. The van der Waals surface area contributed by atoms with E-state index < -0.39 is 0 Å². The molecular weight excluding hydrogens is 328 g/mol. The zero-order valence-electron chi connectivity index (χ0n) is 15.0. The summed E-state index contributed by atoms with van der Waals surface area (Å²) in [5.41, 5.74) is 3.46. The van der Waals surface area contributed by atoms with Crippen molar-refractivity contribution >= 4 is 11.7 Å². The maximum Gasteiger partial charge on any atom is 0.252 e. The molecule has 0 atom stereocenters. The molecule has 3 rings (SSSR count). The van der Waals surface area contributed by atoms with Crippen LogP contribution in [0.4, 0.5) is 0 Å². The minimum atomic E-state index is -0.319. The number of amides is 1. The SMILES string of the molecule is Cc1ccc(C(=O)c2ccccc2C(=O)NCc2nncn2C)cc1C. The van der Waals surface area contributed by atoms with E-state index >= 15 is 0 Å². The van der Waals surface area contributed by atoms with Gasteiger partial charge in [0.15, 0.2) is 11.6 Å². The Kier molecular flexibility index (Phi) is 4.93. The first-order valence-electron chi connectivity index (χ1n) is 8.29. The van der Waals surface area contributed by atoms with Crippen LogP contribution in [0.5, 0.6) is 0 Å². The van der Waals surface area contributed by atoms with E-state index in [2.05, 4.69) is 15.5 Å². The lowest BCUT2D eigenvalue weighted by molar-refractivity contribution is 0.0938. The lowest BCUT2D eigenvalue weighted by atomic mass is 9.95. The second kappa shape index (κ2) is 7.31. The number of nitrogens with one attached hydrogen (secondary N) is 1. The summed E-state index contributed by atoms with van der Waals surface area (Å²) in [7, 11) is 1.80. The van der Waals surface area contributed by atoms with Crippen LogP contribution >= 0.6 is 0 Å². The number of aromatic nitrogens is 3. The van der Waals surface area contributed by atoms with E-state index in [1.54, 1.807) is 48.3 Å². The molecular formula is C20H20N4O2. The van der Waals surface area contributed by atoms with Gasteiger partial charge in [-0.25, -0.2) is 0 Å². The first-order valence-corrected chi connectivity index (χ1v) is 8.29. The summed E-state index contributed by atoms with van der Waals surface area (Å²) < 4.78 is 1.73. The van der Waals surface area contributed by atoms with Crippen LogP contribution in [0.3, 0.4) is 0 Å². The van der Waals surface area contributed by atoms with Gasteiger partial charge in [0, 0.05) is 18.2 Å². The number of hydrogen-bond donors (Lipinski definition) is 1. The Morgan fingerprint density at radius 3 is 2.42 bits per heavy atom. The molecule has 0 fully saturated rings. The molecule has 3 aromatic rings. The Balaban J connectivity index is 1.85. The summed E-state index contributed by atoms with van der Waals surface area (Å²) in [6.07, 6.45) is 1.57. The molecule has 0 saturated heterocycles. The summed E-state index contributed by atoms with van der Waals surface area (Å²) in [5.74, 6) is 0.148. The van der Waals surface area contributed by atoms with Crippen LogP contribution in [0.15, 0.2) is 48.8 Å². The molecule has 1 amide bonds.